The molecule has 1 fully saturated rings. The summed E-state index contributed by atoms with van der Waals surface area (Å²) in [6, 6.07) is 6.42. The fourth-order valence-electron chi connectivity index (χ4n) is 5.78. The number of nitrogens with zero attached hydrogens (tertiary/aromatic N) is 1. The van der Waals surface area contributed by atoms with E-state index in [1.54, 1.807) is 19.2 Å². The molecule has 4 heterocycles. The zero-order valence-corrected chi connectivity index (χ0v) is 17.7. The largest absolute Gasteiger partial charge is 0.454 e. The van der Waals surface area contributed by atoms with E-state index in [0.29, 0.717) is 28.6 Å². The lowest BCUT2D eigenvalue weighted by Gasteiger charge is -2.52. The maximum atomic E-state index is 13.6. The summed E-state index contributed by atoms with van der Waals surface area (Å²) in [6.07, 6.45) is -1.35. The predicted molar refractivity (Wildman–Crippen MR) is 107 cm³/mol. The Balaban J connectivity index is 1.54. The Morgan fingerprint density at radius 2 is 1.66 bits per heavy atom. The molecule has 2 aromatic carbocycles. The highest BCUT2D eigenvalue weighted by atomic mass is 16.8. The van der Waals surface area contributed by atoms with Crippen molar-refractivity contribution in [3.05, 3.63) is 46.5 Å². The fraction of sp³-hybridized carbons (Fsp3) is 0.435. The fourth-order valence-corrected chi connectivity index (χ4v) is 5.78. The normalized spacial score (nSPS) is 32.3. The van der Waals surface area contributed by atoms with Crippen LogP contribution in [-0.2, 0) is 15.1 Å². The van der Waals surface area contributed by atoms with Crippen LogP contribution in [0.2, 0.25) is 0 Å². The first-order valence-corrected chi connectivity index (χ1v) is 10.5. The first-order valence-electron chi connectivity index (χ1n) is 10.5. The first kappa shape index (κ1) is 18.6. The molecular weight excluding hydrogens is 418 g/mol. The van der Waals surface area contributed by atoms with E-state index in [2.05, 4.69) is 0 Å². The van der Waals surface area contributed by atoms with Crippen molar-refractivity contribution in [2.45, 2.75) is 43.5 Å². The van der Waals surface area contributed by atoms with Crippen molar-refractivity contribution in [1.82, 2.24) is 4.90 Å². The average molecular weight is 439 g/mol. The Kier molecular flexibility index (Phi) is 3.28. The lowest BCUT2D eigenvalue weighted by molar-refractivity contribution is -0.188. The van der Waals surface area contributed by atoms with Gasteiger partial charge in [0, 0.05) is 12.6 Å². The van der Waals surface area contributed by atoms with Gasteiger partial charge < -0.3 is 38.4 Å². The molecule has 5 aliphatic rings. The van der Waals surface area contributed by atoms with Gasteiger partial charge in [0.05, 0.1) is 11.6 Å². The summed E-state index contributed by atoms with van der Waals surface area (Å²) in [6.45, 7) is 3.77. The lowest BCUT2D eigenvalue weighted by Crippen LogP contribution is -2.59. The topological polar surface area (TPSA) is 95.9 Å². The third-order valence-electron chi connectivity index (χ3n) is 7.02. The Hall–Kier alpha value is -3.01. The molecule has 0 radical (unpaired) electrons. The summed E-state index contributed by atoms with van der Waals surface area (Å²) < 4.78 is 34.9. The number of hydrogen-bond donors (Lipinski definition) is 1. The number of ether oxygens (including phenoxy) is 6. The van der Waals surface area contributed by atoms with Crippen molar-refractivity contribution in [3.63, 3.8) is 0 Å². The maximum absolute atomic E-state index is 13.6. The Morgan fingerprint density at radius 3 is 2.44 bits per heavy atom. The standard InChI is InChI=1S/C23H21NO8/c1-22(2)31-17-10-6-14-15(29-8-28-14)7-11(10)19-23(26,20(17)32-22)12-4-5-13-18(30-9-27-13)16(12)21(25)24(19)3/h4-7,17,19-20,26H,8-9H2,1-3H3/t17-,19-,20-,23+/m0/s1. The molecule has 1 N–H and O–H groups in total. The summed E-state index contributed by atoms with van der Waals surface area (Å²) >= 11 is 0. The second-order valence-electron chi connectivity index (χ2n) is 9.18. The van der Waals surface area contributed by atoms with Crippen molar-refractivity contribution in [2.24, 2.45) is 0 Å². The average Bonchev–Trinajstić information content (AvgIpc) is 3.47. The van der Waals surface area contributed by atoms with Crippen molar-refractivity contribution in [2.75, 3.05) is 20.6 Å². The molecule has 4 atom stereocenters. The molecule has 1 amide bonds. The quantitative estimate of drug-likeness (QED) is 0.669. The van der Waals surface area contributed by atoms with Gasteiger partial charge in [-0.2, -0.15) is 0 Å². The number of fused-ring (bicyclic) bond motifs is 11. The van der Waals surface area contributed by atoms with E-state index in [1.807, 2.05) is 26.0 Å². The molecule has 0 aromatic heterocycles. The van der Waals surface area contributed by atoms with Crippen molar-refractivity contribution < 1.29 is 38.3 Å². The van der Waals surface area contributed by atoms with Gasteiger partial charge in [-0.05, 0) is 43.2 Å². The van der Waals surface area contributed by atoms with Crippen LogP contribution in [0.15, 0.2) is 24.3 Å². The Labute approximate surface area is 183 Å². The number of amides is 1. The monoisotopic (exact) mass is 439 g/mol. The number of rotatable bonds is 0. The van der Waals surface area contributed by atoms with Gasteiger partial charge in [-0.15, -0.1) is 0 Å². The van der Waals surface area contributed by atoms with Crippen LogP contribution in [0.1, 0.15) is 53.0 Å². The molecule has 0 spiro atoms. The molecule has 32 heavy (non-hydrogen) atoms. The Bertz CT molecular complexity index is 1210. The number of benzene rings is 2. The van der Waals surface area contributed by atoms with E-state index >= 15 is 0 Å². The van der Waals surface area contributed by atoms with Crippen LogP contribution in [0.5, 0.6) is 23.0 Å². The van der Waals surface area contributed by atoms with Gasteiger partial charge in [-0.1, -0.05) is 6.07 Å². The molecule has 0 unspecified atom stereocenters. The van der Waals surface area contributed by atoms with E-state index in [1.165, 1.54) is 4.90 Å². The van der Waals surface area contributed by atoms with Crippen LogP contribution in [0.4, 0.5) is 0 Å². The minimum Gasteiger partial charge on any atom is -0.454 e. The van der Waals surface area contributed by atoms with Gasteiger partial charge in [0.2, 0.25) is 13.6 Å². The molecular formula is C23H21NO8. The Morgan fingerprint density at radius 1 is 0.969 bits per heavy atom. The van der Waals surface area contributed by atoms with E-state index in [0.717, 1.165) is 11.1 Å². The SMILES string of the molecule is CN1C(=O)c2c(ccc3c2OCO3)[C@@]2(O)[C@@H]1c1cc3c(cc1[C@@H]1OC(C)(C)O[C@@H]12)OCO3. The first-order chi connectivity index (χ1) is 15.3. The molecule has 9 heteroatoms. The summed E-state index contributed by atoms with van der Waals surface area (Å²) in [7, 11) is 1.67. The molecule has 166 valence electrons. The number of carbonyl (C=O) groups is 1. The van der Waals surface area contributed by atoms with Crippen molar-refractivity contribution in [3.8, 4) is 23.0 Å². The van der Waals surface area contributed by atoms with E-state index in [-0.39, 0.29) is 25.1 Å². The minimum absolute atomic E-state index is 0.0235. The molecule has 1 saturated heterocycles. The highest BCUT2D eigenvalue weighted by Gasteiger charge is 2.65. The van der Waals surface area contributed by atoms with Crippen LogP contribution < -0.4 is 18.9 Å². The molecule has 1 aliphatic carbocycles. The highest BCUT2D eigenvalue weighted by molar-refractivity contribution is 6.01. The second kappa shape index (κ2) is 5.67. The van der Waals surface area contributed by atoms with E-state index in [9.17, 15) is 9.90 Å². The van der Waals surface area contributed by atoms with Gasteiger partial charge >= 0.3 is 0 Å². The summed E-state index contributed by atoms with van der Waals surface area (Å²) in [4.78, 5) is 15.1. The highest BCUT2D eigenvalue weighted by Crippen LogP contribution is 2.62. The number of aliphatic hydroxyl groups is 1. The summed E-state index contributed by atoms with van der Waals surface area (Å²) in [5.41, 5.74) is 0.673. The van der Waals surface area contributed by atoms with Gasteiger partial charge in [-0.3, -0.25) is 4.79 Å². The molecule has 2 aromatic rings. The lowest BCUT2D eigenvalue weighted by atomic mass is 9.65. The van der Waals surface area contributed by atoms with Crippen LogP contribution in [-0.4, -0.2) is 48.4 Å². The summed E-state index contributed by atoms with van der Waals surface area (Å²) in [5.74, 6) is 0.793. The number of carbonyl (C=O) groups excluding carboxylic acids is 1. The van der Waals surface area contributed by atoms with Crippen LogP contribution in [0.3, 0.4) is 0 Å². The minimum atomic E-state index is -1.60. The van der Waals surface area contributed by atoms with Crippen molar-refractivity contribution in [1.29, 1.82) is 0 Å². The van der Waals surface area contributed by atoms with Gasteiger partial charge in [0.25, 0.3) is 5.91 Å². The van der Waals surface area contributed by atoms with Crippen LogP contribution in [0.25, 0.3) is 0 Å². The molecule has 0 saturated carbocycles. The smallest absolute Gasteiger partial charge is 0.258 e. The van der Waals surface area contributed by atoms with Gasteiger partial charge in [0.15, 0.2) is 28.8 Å². The zero-order chi connectivity index (χ0) is 22.0. The molecule has 4 aliphatic heterocycles. The van der Waals surface area contributed by atoms with Gasteiger partial charge in [0.1, 0.15) is 17.8 Å². The van der Waals surface area contributed by atoms with Gasteiger partial charge in [-0.25, -0.2) is 0 Å². The zero-order valence-electron chi connectivity index (χ0n) is 17.7. The van der Waals surface area contributed by atoms with E-state index < -0.39 is 29.6 Å². The van der Waals surface area contributed by atoms with Crippen LogP contribution >= 0.6 is 0 Å². The molecule has 0 bridgehead atoms. The molecule has 9 nitrogen and oxygen atoms in total. The number of hydrogen-bond acceptors (Lipinski definition) is 8. The summed E-state index contributed by atoms with van der Waals surface area (Å²) in [5, 5.41) is 12.5. The van der Waals surface area contributed by atoms with Crippen LogP contribution in [0, 0.1) is 0 Å². The van der Waals surface area contributed by atoms with Crippen molar-refractivity contribution >= 4 is 5.91 Å². The molecule has 7 rings (SSSR count). The predicted octanol–water partition coefficient (Wildman–Crippen LogP) is 2.36. The third-order valence-corrected chi connectivity index (χ3v) is 7.02. The maximum Gasteiger partial charge on any atom is 0.258 e. The number of likely N-dealkylation sites (N-methyl/N-ethyl adjacent to an activating group) is 1. The van der Waals surface area contributed by atoms with E-state index in [4.69, 9.17) is 28.4 Å². The second-order valence-corrected chi connectivity index (χ2v) is 9.18. The third kappa shape index (κ3) is 2.06.